The van der Waals surface area contributed by atoms with Crippen molar-refractivity contribution in [1.82, 2.24) is 5.32 Å². The summed E-state index contributed by atoms with van der Waals surface area (Å²) in [6, 6.07) is 1.41. The van der Waals surface area contributed by atoms with E-state index >= 15 is 0 Å². The van der Waals surface area contributed by atoms with Gasteiger partial charge in [0.1, 0.15) is 0 Å². The van der Waals surface area contributed by atoms with Gasteiger partial charge in [0.15, 0.2) is 0 Å². The molecule has 2 nitrogen and oxygen atoms in total. The molecule has 2 N–H and O–H groups in total. The van der Waals surface area contributed by atoms with E-state index in [1.54, 1.807) is 0 Å². The Labute approximate surface area is 68.0 Å². The van der Waals surface area contributed by atoms with E-state index in [0.717, 1.165) is 18.4 Å². The molecule has 0 aromatic heterocycles. The fourth-order valence-corrected chi connectivity index (χ4v) is 2.10. The van der Waals surface area contributed by atoms with Crippen LogP contribution < -0.4 is 5.32 Å². The number of hydrogen-bond acceptors (Lipinski definition) is 2. The van der Waals surface area contributed by atoms with Crippen molar-refractivity contribution in [3.63, 3.8) is 0 Å². The first-order valence-electron chi connectivity index (χ1n) is 4.77. The van der Waals surface area contributed by atoms with Crippen LogP contribution in [-0.2, 0) is 0 Å². The molecule has 2 aliphatic rings. The van der Waals surface area contributed by atoms with Crippen molar-refractivity contribution in [2.45, 2.75) is 44.2 Å². The molecule has 1 aliphatic carbocycles. The van der Waals surface area contributed by atoms with Crippen molar-refractivity contribution in [1.29, 1.82) is 0 Å². The topological polar surface area (TPSA) is 32.3 Å². The van der Waals surface area contributed by atoms with Gasteiger partial charge in [0.25, 0.3) is 0 Å². The van der Waals surface area contributed by atoms with Crippen LogP contribution in [0.3, 0.4) is 0 Å². The van der Waals surface area contributed by atoms with Crippen molar-refractivity contribution in [2.24, 2.45) is 5.92 Å². The largest absolute Gasteiger partial charge is 0.396 e. The summed E-state index contributed by atoms with van der Waals surface area (Å²) in [6.45, 7) is 0.342. The molecule has 0 aromatic carbocycles. The highest BCUT2D eigenvalue weighted by atomic mass is 16.3. The Bertz CT molecular complexity index is 134. The van der Waals surface area contributed by atoms with Gasteiger partial charge in [-0.25, -0.2) is 0 Å². The van der Waals surface area contributed by atoms with Crippen LogP contribution in [-0.4, -0.2) is 23.8 Å². The molecule has 0 unspecified atom stereocenters. The van der Waals surface area contributed by atoms with Crippen molar-refractivity contribution in [3.8, 4) is 0 Å². The quantitative estimate of drug-likeness (QED) is 0.634. The zero-order valence-electron chi connectivity index (χ0n) is 6.92. The van der Waals surface area contributed by atoms with Gasteiger partial charge < -0.3 is 10.4 Å². The number of aliphatic hydroxyl groups excluding tert-OH is 1. The molecule has 11 heavy (non-hydrogen) atoms. The van der Waals surface area contributed by atoms with Gasteiger partial charge in [-0.2, -0.15) is 0 Å². The fourth-order valence-electron chi connectivity index (χ4n) is 2.10. The van der Waals surface area contributed by atoms with Gasteiger partial charge >= 0.3 is 0 Å². The summed E-state index contributed by atoms with van der Waals surface area (Å²) in [5.74, 6) is 0.985. The van der Waals surface area contributed by atoms with E-state index in [2.05, 4.69) is 5.32 Å². The van der Waals surface area contributed by atoms with Crippen LogP contribution in [0, 0.1) is 5.92 Å². The van der Waals surface area contributed by atoms with Crippen molar-refractivity contribution in [2.75, 3.05) is 6.61 Å². The molecule has 1 heterocycles. The van der Waals surface area contributed by atoms with E-state index in [9.17, 15) is 0 Å². The second-order valence-electron chi connectivity index (χ2n) is 3.90. The molecule has 0 spiro atoms. The van der Waals surface area contributed by atoms with Crippen molar-refractivity contribution < 1.29 is 5.11 Å². The highest BCUT2D eigenvalue weighted by molar-refractivity contribution is 4.93. The van der Waals surface area contributed by atoms with Crippen LogP contribution in [0.2, 0.25) is 0 Å². The Hall–Kier alpha value is -0.0800. The highest BCUT2D eigenvalue weighted by Crippen LogP contribution is 2.37. The van der Waals surface area contributed by atoms with Crippen molar-refractivity contribution >= 4 is 0 Å². The monoisotopic (exact) mass is 155 g/mol. The summed E-state index contributed by atoms with van der Waals surface area (Å²) in [6.07, 6.45) is 6.44. The average Bonchev–Trinajstić information content (AvgIpc) is 2.75. The minimum absolute atomic E-state index is 0.342. The maximum Gasteiger partial charge on any atom is 0.0445 e. The Balaban J connectivity index is 1.74. The van der Waals surface area contributed by atoms with Crippen LogP contribution in [0.4, 0.5) is 0 Å². The van der Waals surface area contributed by atoms with E-state index in [1.165, 1.54) is 25.7 Å². The maximum absolute atomic E-state index is 8.73. The summed E-state index contributed by atoms with van der Waals surface area (Å²) in [7, 11) is 0. The van der Waals surface area contributed by atoms with Crippen LogP contribution in [0.15, 0.2) is 0 Å². The molecule has 1 saturated heterocycles. The molecular formula is C9H17NO. The maximum atomic E-state index is 8.73. The molecule has 0 bridgehead atoms. The molecule has 0 aromatic rings. The summed E-state index contributed by atoms with van der Waals surface area (Å²) in [4.78, 5) is 0. The minimum atomic E-state index is 0.342. The summed E-state index contributed by atoms with van der Waals surface area (Å²) < 4.78 is 0. The second kappa shape index (κ2) is 3.11. The molecular weight excluding hydrogens is 138 g/mol. The van der Waals surface area contributed by atoms with Crippen LogP contribution in [0.1, 0.15) is 32.1 Å². The highest BCUT2D eigenvalue weighted by Gasteiger charge is 2.35. The van der Waals surface area contributed by atoms with E-state index in [-0.39, 0.29) is 0 Å². The first-order chi connectivity index (χ1) is 5.40. The molecule has 1 aliphatic heterocycles. The second-order valence-corrected chi connectivity index (χ2v) is 3.90. The molecule has 2 fully saturated rings. The van der Waals surface area contributed by atoms with Gasteiger partial charge in [-0.1, -0.05) is 0 Å². The Morgan fingerprint density at radius 1 is 1.18 bits per heavy atom. The van der Waals surface area contributed by atoms with E-state index in [4.69, 9.17) is 5.11 Å². The SMILES string of the molecule is OCC[C@@H]1CC[C@@H](C2CC2)N1. The summed E-state index contributed by atoms with van der Waals surface area (Å²) in [5, 5.41) is 12.3. The van der Waals surface area contributed by atoms with Gasteiger partial charge in [0, 0.05) is 18.7 Å². The van der Waals surface area contributed by atoms with Crippen LogP contribution in [0.25, 0.3) is 0 Å². The van der Waals surface area contributed by atoms with Gasteiger partial charge in [-0.05, 0) is 38.0 Å². The first kappa shape index (κ1) is 7.56. The third kappa shape index (κ3) is 1.74. The predicted octanol–water partition coefficient (Wildman–Crippen LogP) is 0.899. The number of hydrogen-bond donors (Lipinski definition) is 2. The summed E-state index contributed by atoms with van der Waals surface area (Å²) in [5.41, 5.74) is 0. The van der Waals surface area contributed by atoms with Gasteiger partial charge in [0.05, 0.1) is 0 Å². The van der Waals surface area contributed by atoms with Gasteiger partial charge in [-0.3, -0.25) is 0 Å². The van der Waals surface area contributed by atoms with Crippen molar-refractivity contribution in [3.05, 3.63) is 0 Å². The smallest absolute Gasteiger partial charge is 0.0445 e. The Morgan fingerprint density at radius 3 is 2.64 bits per heavy atom. The number of nitrogens with one attached hydrogen (secondary N) is 1. The van der Waals surface area contributed by atoms with Gasteiger partial charge in [0.2, 0.25) is 0 Å². The van der Waals surface area contributed by atoms with E-state index in [0.29, 0.717) is 12.6 Å². The normalized spacial score (nSPS) is 37.9. The zero-order valence-corrected chi connectivity index (χ0v) is 6.92. The van der Waals surface area contributed by atoms with Crippen LogP contribution >= 0.6 is 0 Å². The molecule has 0 radical (unpaired) electrons. The molecule has 2 rings (SSSR count). The Morgan fingerprint density at radius 2 is 2.00 bits per heavy atom. The summed E-state index contributed by atoms with van der Waals surface area (Å²) >= 11 is 0. The lowest BCUT2D eigenvalue weighted by molar-refractivity contribution is 0.268. The third-order valence-corrected chi connectivity index (χ3v) is 2.94. The average molecular weight is 155 g/mol. The standard InChI is InChI=1S/C9H17NO/c11-6-5-8-3-4-9(10-8)7-1-2-7/h7-11H,1-6H2/t8-,9-/m0/s1. The lowest BCUT2D eigenvalue weighted by atomic mass is 10.1. The van der Waals surface area contributed by atoms with E-state index < -0.39 is 0 Å². The molecule has 1 saturated carbocycles. The van der Waals surface area contributed by atoms with Gasteiger partial charge in [-0.15, -0.1) is 0 Å². The fraction of sp³-hybridized carbons (Fsp3) is 1.00. The lowest BCUT2D eigenvalue weighted by Crippen LogP contribution is -2.31. The minimum Gasteiger partial charge on any atom is -0.396 e. The molecule has 0 amide bonds. The predicted molar refractivity (Wildman–Crippen MR) is 44.4 cm³/mol. The first-order valence-corrected chi connectivity index (χ1v) is 4.77. The zero-order chi connectivity index (χ0) is 7.68. The van der Waals surface area contributed by atoms with Crippen LogP contribution in [0.5, 0.6) is 0 Å². The molecule has 2 heteroatoms. The van der Waals surface area contributed by atoms with E-state index in [1.807, 2.05) is 0 Å². The lowest BCUT2D eigenvalue weighted by Gasteiger charge is -2.11. The Kier molecular flexibility index (Phi) is 2.14. The molecule has 64 valence electrons. The molecule has 2 atom stereocenters. The number of rotatable bonds is 3. The third-order valence-electron chi connectivity index (χ3n) is 2.94. The number of aliphatic hydroxyl groups is 1.